The van der Waals surface area contributed by atoms with Gasteiger partial charge in [-0.05, 0) is 55.6 Å². The molecule has 46 heavy (non-hydrogen) atoms. The van der Waals surface area contributed by atoms with Gasteiger partial charge in [0.05, 0.1) is 30.8 Å². The first-order valence-electron chi connectivity index (χ1n) is 14.9. The zero-order valence-electron chi connectivity index (χ0n) is 25.6. The van der Waals surface area contributed by atoms with Gasteiger partial charge in [-0.1, -0.05) is 70.1 Å². The van der Waals surface area contributed by atoms with Crippen molar-refractivity contribution in [1.29, 1.82) is 0 Å². The summed E-state index contributed by atoms with van der Waals surface area (Å²) in [4.78, 5) is 22.3. The summed E-state index contributed by atoms with van der Waals surface area (Å²) in [7, 11) is -13.6. The quantitative estimate of drug-likeness (QED) is 0.0512. The standard InChI is InChI=1S/C29H41F5N5O4PS2/c1-24(20-39-22-38-27-28(35)36-21-37-29(27)39)42-23-44(40,41)43-16-18-45-17-9-7-5-3-2-4-6-8-10-25-11-13-26(14-12-25)15-19-46(30,31,32,33)34/h11-14,21-22,24H,2-10,16-18,20,23H2,1H3,(H,40,41)(H2,35,36,37)/t24-/m1/s1. The number of nitrogens with zero attached hydrogens (tertiary/aromatic N) is 4. The van der Waals surface area contributed by atoms with Crippen LogP contribution in [0.5, 0.6) is 0 Å². The van der Waals surface area contributed by atoms with Crippen LogP contribution < -0.4 is 5.73 Å². The maximum atomic E-state index is 12.3. The minimum atomic E-state index is -9.72. The molecular weight excluding hydrogens is 672 g/mol. The second-order valence-electron chi connectivity index (χ2n) is 11.0. The van der Waals surface area contributed by atoms with Crippen molar-refractivity contribution in [3.8, 4) is 11.2 Å². The van der Waals surface area contributed by atoms with Gasteiger partial charge in [0.1, 0.15) is 18.2 Å². The molecule has 3 rings (SSSR count). The van der Waals surface area contributed by atoms with Crippen molar-refractivity contribution in [2.75, 3.05) is 30.2 Å². The molecule has 2 aromatic heterocycles. The second kappa shape index (κ2) is 16.1. The molecule has 0 saturated carbocycles. The maximum absolute atomic E-state index is 12.3. The van der Waals surface area contributed by atoms with Crippen LogP contribution in [-0.4, -0.2) is 55.0 Å². The summed E-state index contributed by atoms with van der Waals surface area (Å²) in [6.07, 6.45) is 11.5. The van der Waals surface area contributed by atoms with Gasteiger partial charge in [0.25, 0.3) is 0 Å². The number of thioether (sulfide) groups is 1. The van der Waals surface area contributed by atoms with Crippen LogP contribution in [0.25, 0.3) is 11.2 Å². The molecule has 17 heteroatoms. The number of rotatable bonds is 20. The van der Waals surface area contributed by atoms with Crippen LogP contribution in [0.1, 0.15) is 69.4 Å². The first-order chi connectivity index (χ1) is 21.5. The Kier molecular flexibility index (Phi) is 13.3. The van der Waals surface area contributed by atoms with Crippen molar-refractivity contribution in [3.05, 3.63) is 48.0 Å². The number of hydrogen-bond donors (Lipinski definition) is 2. The molecule has 0 bridgehead atoms. The fraction of sp³-hybridized carbons (Fsp3) is 0.552. The zero-order chi connectivity index (χ0) is 33.7. The highest BCUT2D eigenvalue weighted by molar-refractivity contribution is 8.49. The van der Waals surface area contributed by atoms with E-state index in [2.05, 4.69) is 15.0 Å². The highest BCUT2D eigenvalue weighted by Crippen LogP contribution is 2.97. The molecule has 0 aliphatic rings. The van der Waals surface area contributed by atoms with Gasteiger partial charge < -0.3 is 24.5 Å². The maximum Gasteiger partial charge on any atom is 0.353 e. The lowest BCUT2D eigenvalue weighted by molar-refractivity contribution is 0.0724. The molecule has 0 aliphatic heterocycles. The van der Waals surface area contributed by atoms with Crippen molar-refractivity contribution >= 4 is 46.6 Å². The molecule has 1 unspecified atom stereocenters. The van der Waals surface area contributed by atoms with E-state index in [0.717, 1.165) is 69.1 Å². The van der Waals surface area contributed by atoms with Crippen LogP contribution in [0.3, 0.4) is 0 Å². The molecule has 3 N–H and O–H groups in total. The monoisotopic (exact) mass is 713 g/mol. The Hall–Kier alpha value is -2.41. The van der Waals surface area contributed by atoms with Crippen LogP contribution in [0.15, 0.2) is 36.9 Å². The summed E-state index contributed by atoms with van der Waals surface area (Å²) in [6, 6.07) is 5.91. The van der Waals surface area contributed by atoms with E-state index in [1.165, 1.54) is 24.4 Å². The SMILES string of the molecule is C[C@H](Cn1cnc2c(N)ncnc21)OCP(=O)(O)OCCSCCCCCCCCCCc1ccc(C#CS(F)(F)(F)(F)F)cc1. The Balaban J connectivity index is 1.13. The minimum absolute atomic E-state index is 0.0908. The van der Waals surface area contributed by atoms with Crippen LogP contribution >= 0.6 is 29.6 Å². The molecule has 0 saturated heterocycles. The Bertz CT molecular complexity index is 1520. The van der Waals surface area contributed by atoms with Crippen LogP contribution in [-0.2, 0) is 26.8 Å². The van der Waals surface area contributed by atoms with Crippen LogP contribution in [0, 0.1) is 11.2 Å². The number of benzene rings is 1. The molecule has 1 aromatic carbocycles. The average Bonchev–Trinajstić information content (AvgIpc) is 3.38. The number of imidazole rings is 1. The summed E-state index contributed by atoms with van der Waals surface area (Å²) in [5.41, 5.74) is 7.69. The Morgan fingerprint density at radius 3 is 2.30 bits per heavy atom. The first kappa shape index (κ1) is 38.0. The summed E-state index contributed by atoms with van der Waals surface area (Å²) >= 11 is 1.68. The summed E-state index contributed by atoms with van der Waals surface area (Å²) in [6.45, 7) is 2.31. The normalized spacial score (nSPS) is 15.5. The molecule has 2 heterocycles. The molecule has 258 valence electrons. The Morgan fingerprint density at radius 1 is 0.978 bits per heavy atom. The van der Waals surface area contributed by atoms with Gasteiger partial charge in [-0.15, -0.1) is 0 Å². The van der Waals surface area contributed by atoms with E-state index in [-0.39, 0.29) is 29.3 Å². The molecule has 0 fully saturated rings. The average molecular weight is 714 g/mol. The van der Waals surface area contributed by atoms with Crippen LogP contribution in [0.2, 0.25) is 0 Å². The van der Waals surface area contributed by atoms with E-state index in [0.29, 0.717) is 23.5 Å². The Morgan fingerprint density at radius 2 is 1.63 bits per heavy atom. The molecule has 9 nitrogen and oxygen atoms in total. The molecular formula is C29H41F5N5O4PS2. The predicted octanol–water partition coefficient (Wildman–Crippen LogP) is 8.68. The summed E-state index contributed by atoms with van der Waals surface area (Å²) in [5, 5.41) is 0.227. The van der Waals surface area contributed by atoms with E-state index >= 15 is 0 Å². The smallest absolute Gasteiger partial charge is 0.353 e. The lowest BCUT2D eigenvalue weighted by atomic mass is 10.0. The van der Waals surface area contributed by atoms with Crippen molar-refractivity contribution in [1.82, 2.24) is 19.5 Å². The van der Waals surface area contributed by atoms with Crippen LogP contribution in [0.4, 0.5) is 25.2 Å². The molecule has 0 spiro atoms. The van der Waals surface area contributed by atoms with Gasteiger partial charge in [-0.25, -0.2) is 15.0 Å². The van der Waals surface area contributed by atoms with E-state index in [1.54, 1.807) is 41.7 Å². The number of fused-ring (bicyclic) bond motifs is 1. The highest BCUT2D eigenvalue weighted by Gasteiger charge is 2.62. The molecule has 0 amide bonds. The first-order valence-corrected chi connectivity index (χ1v) is 19.8. The predicted molar refractivity (Wildman–Crippen MR) is 175 cm³/mol. The molecule has 0 radical (unpaired) electrons. The van der Waals surface area contributed by atoms with Crippen molar-refractivity contribution in [3.63, 3.8) is 0 Å². The zero-order valence-corrected chi connectivity index (χ0v) is 28.2. The van der Waals surface area contributed by atoms with Gasteiger partial charge in [-0.2, -0.15) is 11.8 Å². The number of anilines is 1. The second-order valence-corrected chi connectivity index (χ2v) is 16.1. The lowest BCUT2D eigenvalue weighted by Gasteiger charge is -2.33. The Labute approximate surface area is 270 Å². The molecule has 2 atom stereocenters. The van der Waals surface area contributed by atoms with Crippen molar-refractivity contribution in [2.45, 2.75) is 77.4 Å². The number of halogens is 5. The van der Waals surface area contributed by atoms with Gasteiger partial charge >= 0.3 is 17.8 Å². The number of nitrogen functional groups attached to an aromatic ring is 1. The van der Waals surface area contributed by atoms with Crippen molar-refractivity contribution < 1.29 is 38.1 Å². The lowest BCUT2D eigenvalue weighted by Crippen LogP contribution is -2.17. The number of aromatic nitrogens is 4. The number of unbranched alkanes of at least 4 members (excludes halogenated alkanes) is 7. The number of nitrogens with two attached hydrogens (primary N) is 1. The summed E-state index contributed by atoms with van der Waals surface area (Å²) in [5.74, 6) is 3.37. The third-order valence-electron chi connectivity index (χ3n) is 6.77. The van der Waals surface area contributed by atoms with E-state index in [4.69, 9.17) is 15.0 Å². The third kappa shape index (κ3) is 15.5. The van der Waals surface area contributed by atoms with Gasteiger partial charge in [0.15, 0.2) is 11.5 Å². The van der Waals surface area contributed by atoms with Crippen molar-refractivity contribution in [2.24, 2.45) is 0 Å². The van der Waals surface area contributed by atoms with E-state index in [9.17, 15) is 28.9 Å². The fourth-order valence-electron chi connectivity index (χ4n) is 4.47. The van der Waals surface area contributed by atoms with E-state index < -0.39 is 24.2 Å². The van der Waals surface area contributed by atoms with Gasteiger partial charge in [-0.3, -0.25) is 4.57 Å². The number of ether oxygens (including phenoxy) is 1. The molecule has 0 aliphatic carbocycles. The van der Waals surface area contributed by atoms with Gasteiger partial charge in [0.2, 0.25) is 0 Å². The minimum Gasteiger partial charge on any atom is -0.382 e. The number of hydrogen-bond acceptors (Lipinski definition) is 8. The summed E-state index contributed by atoms with van der Waals surface area (Å²) < 4.78 is 86.5. The highest BCUT2D eigenvalue weighted by atomic mass is 32.5. The number of aryl methyl sites for hydroxylation is 1. The van der Waals surface area contributed by atoms with E-state index in [1.807, 2.05) is 0 Å². The van der Waals surface area contributed by atoms with Gasteiger partial charge in [0, 0.05) is 11.3 Å². The molecule has 3 aromatic rings. The topological polar surface area (TPSA) is 125 Å². The third-order valence-corrected chi connectivity index (χ3v) is 9.35. The largest absolute Gasteiger partial charge is 0.382 e. The fourth-order valence-corrected chi connectivity index (χ4v) is 6.61.